The molecule has 0 spiro atoms. The predicted octanol–water partition coefficient (Wildman–Crippen LogP) is 6.08. The first-order valence-corrected chi connectivity index (χ1v) is 12.7. The Morgan fingerprint density at radius 1 is 0.647 bits per heavy atom. The van der Waals surface area contributed by atoms with Gasteiger partial charge in [0.1, 0.15) is 0 Å². The molecule has 4 nitrogen and oxygen atoms in total. The van der Waals surface area contributed by atoms with Gasteiger partial charge in [0, 0.05) is 25.2 Å². The van der Waals surface area contributed by atoms with Gasteiger partial charge in [0.2, 0.25) is 0 Å². The second-order valence-electron chi connectivity index (χ2n) is 9.64. The van der Waals surface area contributed by atoms with Crippen LogP contribution >= 0.6 is 49.6 Å². The first-order chi connectivity index (χ1) is 14.7. The topological polar surface area (TPSA) is 30.5 Å². The van der Waals surface area contributed by atoms with Crippen molar-refractivity contribution >= 4 is 49.6 Å². The lowest BCUT2D eigenvalue weighted by Crippen LogP contribution is -2.38. The van der Waals surface area contributed by atoms with Crippen LogP contribution in [-0.2, 0) is 13.1 Å². The second-order valence-corrected chi connectivity index (χ2v) is 9.64. The van der Waals surface area contributed by atoms with Crippen LogP contribution in [0.1, 0.15) is 76.3 Å². The van der Waals surface area contributed by atoms with Crippen molar-refractivity contribution in [1.82, 2.24) is 20.4 Å². The van der Waals surface area contributed by atoms with Gasteiger partial charge in [-0.15, -0.1) is 49.6 Å². The number of hydrogen-bond donors (Lipinski definition) is 2. The van der Waals surface area contributed by atoms with Crippen molar-refractivity contribution < 1.29 is 0 Å². The smallest absolute Gasteiger partial charge is 0.0205 e. The average Bonchev–Trinajstić information content (AvgIpc) is 2.77. The molecule has 202 valence electrons. The summed E-state index contributed by atoms with van der Waals surface area (Å²) in [5, 5.41) is 7.25. The van der Waals surface area contributed by atoms with Crippen molar-refractivity contribution in [2.75, 3.05) is 39.3 Å². The minimum absolute atomic E-state index is 0. The van der Waals surface area contributed by atoms with E-state index in [-0.39, 0.29) is 49.6 Å². The van der Waals surface area contributed by atoms with Crippen LogP contribution < -0.4 is 10.6 Å². The van der Waals surface area contributed by atoms with E-state index in [1.54, 1.807) is 0 Å². The van der Waals surface area contributed by atoms with Crippen LogP contribution in [-0.4, -0.2) is 61.2 Å². The number of rotatable bonds is 12. The summed E-state index contributed by atoms with van der Waals surface area (Å²) in [6.07, 6.45) is 10.9. The molecule has 2 atom stereocenters. The largest absolute Gasteiger partial charge is 0.313 e. The molecule has 1 aromatic rings. The Morgan fingerprint density at radius 2 is 1.03 bits per heavy atom. The fourth-order valence-electron chi connectivity index (χ4n) is 5.03. The molecule has 3 rings (SSSR count). The maximum Gasteiger partial charge on any atom is 0.0205 e. The number of hydrogen-bond acceptors (Lipinski definition) is 4. The Morgan fingerprint density at radius 3 is 1.38 bits per heavy atom. The van der Waals surface area contributed by atoms with E-state index in [0.717, 1.165) is 38.3 Å². The quantitative estimate of drug-likeness (QED) is 0.304. The van der Waals surface area contributed by atoms with E-state index in [0.29, 0.717) is 0 Å². The highest BCUT2D eigenvalue weighted by molar-refractivity contribution is 5.86. The Labute approximate surface area is 234 Å². The molecule has 2 unspecified atom stereocenters. The van der Waals surface area contributed by atoms with Gasteiger partial charge in [-0.3, -0.25) is 0 Å². The van der Waals surface area contributed by atoms with Crippen LogP contribution in [0.2, 0.25) is 0 Å². The monoisotopic (exact) mass is 558 g/mol. The van der Waals surface area contributed by atoms with E-state index in [4.69, 9.17) is 0 Å². The maximum absolute atomic E-state index is 3.62. The molecular formula is C26H50Cl4N4. The van der Waals surface area contributed by atoms with E-state index < -0.39 is 0 Å². The number of benzene rings is 1. The molecule has 2 aliphatic heterocycles. The molecule has 0 aromatic heterocycles. The summed E-state index contributed by atoms with van der Waals surface area (Å²) >= 11 is 0. The van der Waals surface area contributed by atoms with Gasteiger partial charge in [0.25, 0.3) is 0 Å². The van der Waals surface area contributed by atoms with Crippen LogP contribution in [0.15, 0.2) is 24.3 Å². The Balaban J connectivity index is 0. The minimum atomic E-state index is 0. The first-order valence-electron chi connectivity index (χ1n) is 12.7. The summed E-state index contributed by atoms with van der Waals surface area (Å²) in [4.78, 5) is 5.33. The normalized spacial score (nSPS) is 20.9. The van der Waals surface area contributed by atoms with Crippen LogP contribution in [0.5, 0.6) is 0 Å². The highest BCUT2D eigenvalue weighted by Gasteiger charge is 2.17. The zero-order valence-electron chi connectivity index (χ0n) is 21.3. The maximum atomic E-state index is 3.62. The van der Waals surface area contributed by atoms with E-state index in [1.165, 1.54) is 88.7 Å². The van der Waals surface area contributed by atoms with Gasteiger partial charge >= 0.3 is 0 Å². The predicted molar refractivity (Wildman–Crippen MR) is 158 cm³/mol. The molecule has 34 heavy (non-hydrogen) atoms. The zero-order chi connectivity index (χ0) is 21.0. The lowest BCUT2D eigenvalue weighted by molar-refractivity contribution is 0.159. The van der Waals surface area contributed by atoms with E-state index in [1.807, 2.05) is 0 Å². The van der Waals surface area contributed by atoms with Crippen LogP contribution in [0.25, 0.3) is 0 Å². The Bertz CT molecular complexity index is 540. The van der Waals surface area contributed by atoms with E-state index in [9.17, 15) is 0 Å². The summed E-state index contributed by atoms with van der Waals surface area (Å²) in [5.74, 6) is 0. The molecule has 0 bridgehead atoms. The van der Waals surface area contributed by atoms with Crippen LogP contribution in [0, 0.1) is 0 Å². The lowest BCUT2D eigenvalue weighted by atomic mass is 10.0. The van der Waals surface area contributed by atoms with Crippen molar-refractivity contribution in [2.24, 2.45) is 0 Å². The molecule has 0 amide bonds. The standard InChI is InChI=1S/C26H46N4.4ClH/c1-23-9-3-5-17-29(23)19-7-15-27-21-25-11-13-26(14-12-25)22-28-16-8-20-30-18-6-4-10-24(30)2;;;;/h11-14,23-24,27-28H,3-10,15-22H2,1-2H3;4*1H. The molecule has 0 aliphatic carbocycles. The molecule has 2 N–H and O–H groups in total. The van der Waals surface area contributed by atoms with Crippen molar-refractivity contribution in [3.8, 4) is 0 Å². The van der Waals surface area contributed by atoms with Gasteiger partial charge in [-0.05, 0) is 103 Å². The molecule has 0 saturated carbocycles. The molecule has 0 radical (unpaired) electrons. The van der Waals surface area contributed by atoms with E-state index >= 15 is 0 Å². The molecule has 2 fully saturated rings. The fraction of sp³-hybridized carbons (Fsp3) is 0.769. The molecular weight excluding hydrogens is 510 g/mol. The minimum Gasteiger partial charge on any atom is -0.313 e. The van der Waals surface area contributed by atoms with Crippen molar-refractivity contribution in [1.29, 1.82) is 0 Å². The third-order valence-electron chi connectivity index (χ3n) is 7.16. The van der Waals surface area contributed by atoms with Gasteiger partial charge in [0.15, 0.2) is 0 Å². The number of nitrogens with one attached hydrogen (secondary N) is 2. The summed E-state index contributed by atoms with van der Waals surface area (Å²) in [6.45, 7) is 14.1. The van der Waals surface area contributed by atoms with Gasteiger partial charge in [-0.1, -0.05) is 37.1 Å². The van der Waals surface area contributed by atoms with Crippen LogP contribution in [0.3, 0.4) is 0 Å². The third-order valence-corrected chi connectivity index (χ3v) is 7.16. The average molecular weight is 561 g/mol. The molecule has 2 saturated heterocycles. The molecule has 8 heteroatoms. The first kappa shape index (κ1) is 36.4. The lowest BCUT2D eigenvalue weighted by Gasteiger charge is -2.33. The van der Waals surface area contributed by atoms with E-state index in [2.05, 4.69) is 58.5 Å². The summed E-state index contributed by atoms with van der Waals surface area (Å²) in [5.41, 5.74) is 2.79. The number of piperidine rings is 2. The van der Waals surface area contributed by atoms with Crippen molar-refractivity contribution in [3.05, 3.63) is 35.4 Å². The second kappa shape index (κ2) is 21.3. The highest BCUT2D eigenvalue weighted by atomic mass is 35.5. The van der Waals surface area contributed by atoms with Gasteiger partial charge in [-0.25, -0.2) is 0 Å². The van der Waals surface area contributed by atoms with Gasteiger partial charge < -0.3 is 20.4 Å². The highest BCUT2D eigenvalue weighted by Crippen LogP contribution is 2.17. The summed E-state index contributed by atoms with van der Waals surface area (Å²) in [6, 6.07) is 10.7. The van der Waals surface area contributed by atoms with Crippen molar-refractivity contribution in [2.45, 2.75) is 90.4 Å². The summed E-state index contributed by atoms with van der Waals surface area (Å²) in [7, 11) is 0. The van der Waals surface area contributed by atoms with Crippen LogP contribution in [0.4, 0.5) is 0 Å². The number of nitrogens with zero attached hydrogens (tertiary/aromatic N) is 2. The van der Waals surface area contributed by atoms with Gasteiger partial charge in [-0.2, -0.15) is 0 Å². The van der Waals surface area contributed by atoms with Gasteiger partial charge in [0.05, 0.1) is 0 Å². The Hall–Kier alpha value is 0.220. The SMILES string of the molecule is CC1CCCCN1CCCNCc1ccc(CNCCCN2CCCCC2C)cc1.Cl.Cl.Cl.Cl. The Kier molecular flexibility index (Phi) is 22.8. The number of likely N-dealkylation sites (tertiary alicyclic amines) is 2. The third kappa shape index (κ3) is 13.5. The fourth-order valence-corrected chi connectivity index (χ4v) is 5.03. The molecule has 2 heterocycles. The molecule has 2 aliphatic rings. The summed E-state index contributed by atoms with van der Waals surface area (Å²) < 4.78 is 0. The number of halogens is 4. The molecule has 1 aromatic carbocycles. The van der Waals surface area contributed by atoms with Crippen molar-refractivity contribution in [3.63, 3.8) is 0 Å². The zero-order valence-corrected chi connectivity index (χ0v) is 24.6.